The lowest BCUT2D eigenvalue weighted by Gasteiger charge is -2.18. The summed E-state index contributed by atoms with van der Waals surface area (Å²) in [6.45, 7) is 1.33. The van der Waals surface area contributed by atoms with Gasteiger partial charge in [-0.2, -0.15) is 9.36 Å². The maximum Gasteiger partial charge on any atom is 0.225 e. The van der Waals surface area contributed by atoms with Crippen LogP contribution in [0.1, 0.15) is 18.4 Å². The predicted molar refractivity (Wildman–Crippen MR) is 94.2 cm³/mol. The summed E-state index contributed by atoms with van der Waals surface area (Å²) in [6, 6.07) is 13.2. The van der Waals surface area contributed by atoms with E-state index < -0.39 is 0 Å². The number of rotatable bonds is 6. The van der Waals surface area contributed by atoms with Crippen LogP contribution in [0.3, 0.4) is 0 Å². The molecule has 0 saturated heterocycles. The van der Waals surface area contributed by atoms with E-state index in [2.05, 4.69) is 10.4 Å². The summed E-state index contributed by atoms with van der Waals surface area (Å²) in [5.41, 5.74) is 1.62. The van der Waals surface area contributed by atoms with E-state index in [4.69, 9.17) is 12.2 Å². The third kappa shape index (κ3) is 3.71. The highest BCUT2D eigenvalue weighted by Gasteiger charge is 2.34. The van der Waals surface area contributed by atoms with Gasteiger partial charge in [-0.25, -0.2) is 8.78 Å². The summed E-state index contributed by atoms with van der Waals surface area (Å²) < 4.78 is 30.1. The van der Waals surface area contributed by atoms with E-state index in [1.165, 1.54) is 33.8 Å². The van der Waals surface area contributed by atoms with Gasteiger partial charge >= 0.3 is 0 Å². The molecule has 26 heavy (non-hydrogen) atoms. The molecule has 1 aliphatic rings. The largest absolute Gasteiger partial charge is 0.310 e. The van der Waals surface area contributed by atoms with Crippen LogP contribution in [-0.2, 0) is 13.2 Å². The summed E-state index contributed by atoms with van der Waals surface area (Å²) in [5.74, 6) is -0.581. The maximum absolute atomic E-state index is 13.5. The highest BCUT2D eigenvalue weighted by atomic mass is 32.1. The second kappa shape index (κ2) is 7.05. The molecule has 1 fully saturated rings. The number of nitrogens with one attached hydrogen (secondary N) is 1. The summed E-state index contributed by atoms with van der Waals surface area (Å²) >= 11 is 5.47. The third-order valence-electron chi connectivity index (χ3n) is 4.54. The van der Waals surface area contributed by atoms with Gasteiger partial charge in [0.15, 0.2) is 6.67 Å². The lowest BCUT2D eigenvalue weighted by molar-refractivity contribution is -0.947. The first-order valence-corrected chi connectivity index (χ1v) is 8.89. The second-order valence-corrected chi connectivity index (χ2v) is 6.91. The van der Waals surface area contributed by atoms with Gasteiger partial charge in [0.2, 0.25) is 4.77 Å². The van der Waals surface area contributed by atoms with Gasteiger partial charge in [-0.15, -0.1) is 0 Å². The van der Waals surface area contributed by atoms with Gasteiger partial charge < -0.3 is 4.90 Å². The molecule has 0 radical (unpaired) electrons. The van der Waals surface area contributed by atoms with Crippen molar-refractivity contribution < 1.29 is 13.7 Å². The average molecular weight is 374 g/mol. The van der Waals surface area contributed by atoms with E-state index in [9.17, 15) is 8.78 Å². The Morgan fingerprint density at radius 2 is 1.81 bits per heavy atom. The fourth-order valence-electron chi connectivity index (χ4n) is 3.02. The van der Waals surface area contributed by atoms with Gasteiger partial charge in [-0.05, 0) is 53.0 Å². The Labute approximate surface area is 154 Å². The first-order chi connectivity index (χ1) is 12.6. The van der Waals surface area contributed by atoms with E-state index in [1.54, 1.807) is 28.9 Å². The molecule has 2 aromatic carbocycles. The van der Waals surface area contributed by atoms with E-state index >= 15 is 0 Å². The fraction of sp³-hybridized carbons (Fsp3) is 0.278. The lowest BCUT2D eigenvalue weighted by atomic mass is 10.2. The number of tetrazole rings is 1. The van der Waals surface area contributed by atoms with Crippen LogP contribution in [-0.4, -0.2) is 25.8 Å². The molecule has 8 heteroatoms. The van der Waals surface area contributed by atoms with Crippen LogP contribution in [0, 0.1) is 16.4 Å². The molecule has 1 heterocycles. The van der Waals surface area contributed by atoms with Crippen molar-refractivity contribution in [2.24, 2.45) is 0 Å². The molecule has 1 aliphatic carbocycles. The third-order valence-corrected chi connectivity index (χ3v) is 4.93. The zero-order valence-corrected chi connectivity index (χ0v) is 14.8. The Bertz CT molecular complexity index is 962. The summed E-state index contributed by atoms with van der Waals surface area (Å²) in [7, 11) is 0. The molecule has 3 aromatic rings. The first kappa shape index (κ1) is 17.0. The number of nitrogens with zero attached hydrogens (tertiary/aromatic N) is 4. The van der Waals surface area contributed by atoms with Gasteiger partial charge in [0.1, 0.15) is 18.2 Å². The standard InChI is InChI=1S/C18H17F2N5S/c19-14-6-4-13(5-7-14)11-23(16-8-9-16)12-24-18(26)25(22-21-24)17-3-1-2-15(20)10-17/h1-7,10,16H,8-9,11-12H2/p+1. The van der Waals surface area contributed by atoms with E-state index in [1.807, 2.05) is 0 Å². The van der Waals surface area contributed by atoms with Crippen LogP contribution >= 0.6 is 12.2 Å². The first-order valence-electron chi connectivity index (χ1n) is 8.48. The van der Waals surface area contributed by atoms with Crippen molar-refractivity contribution in [3.05, 3.63) is 70.5 Å². The Morgan fingerprint density at radius 1 is 1.04 bits per heavy atom. The Hall–Kier alpha value is -2.45. The molecule has 1 N–H and O–H groups in total. The molecule has 1 aromatic heterocycles. The zero-order chi connectivity index (χ0) is 18.1. The smallest absolute Gasteiger partial charge is 0.225 e. The molecule has 5 nitrogen and oxygen atoms in total. The number of hydrogen-bond acceptors (Lipinski definition) is 3. The van der Waals surface area contributed by atoms with Gasteiger partial charge in [0.05, 0.1) is 11.7 Å². The maximum atomic E-state index is 13.5. The number of hydrogen-bond donors (Lipinski definition) is 1. The van der Waals surface area contributed by atoms with Crippen LogP contribution in [0.15, 0.2) is 48.5 Å². The average Bonchev–Trinajstić information content (AvgIpc) is 3.41. The van der Waals surface area contributed by atoms with E-state index in [0.29, 0.717) is 23.2 Å². The summed E-state index contributed by atoms with van der Waals surface area (Å²) in [4.78, 5) is 1.30. The van der Waals surface area contributed by atoms with Crippen LogP contribution in [0.5, 0.6) is 0 Å². The van der Waals surface area contributed by atoms with E-state index in [-0.39, 0.29) is 11.6 Å². The molecular formula is C18H18F2N5S+. The molecule has 134 valence electrons. The molecule has 0 spiro atoms. The van der Waals surface area contributed by atoms with Crippen LogP contribution in [0.2, 0.25) is 0 Å². The minimum Gasteiger partial charge on any atom is -0.310 e. The Morgan fingerprint density at radius 3 is 2.50 bits per heavy atom. The Kier molecular flexibility index (Phi) is 4.60. The molecule has 4 rings (SSSR count). The van der Waals surface area contributed by atoms with Crippen molar-refractivity contribution in [2.75, 3.05) is 0 Å². The van der Waals surface area contributed by atoms with Crippen molar-refractivity contribution in [3.8, 4) is 5.69 Å². The molecule has 0 aliphatic heterocycles. The van der Waals surface area contributed by atoms with Crippen molar-refractivity contribution in [1.82, 2.24) is 19.8 Å². The minimum atomic E-state index is -0.347. The highest BCUT2D eigenvalue weighted by Crippen LogP contribution is 2.16. The molecule has 1 unspecified atom stereocenters. The topological polar surface area (TPSA) is 40.1 Å². The summed E-state index contributed by atoms with van der Waals surface area (Å²) in [5, 5.41) is 8.22. The monoisotopic (exact) mass is 374 g/mol. The van der Waals surface area contributed by atoms with Crippen LogP contribution in [0.25, 0.3) is 5.69 Å². The van der Waals surface area contributed by atoms with Crippen LogP contribution in [0.4, 0.5) is 8.78 Å². The Balaban J connectivity index is 1.55. The molecule has 1 atom stereocenters. The van der Waals surface area contributed by atoms with Crippen molar-refractivity contribution in [1.29, 1.82) is 0 Å². The van der Waals surface area contributed by atoms with Gasteiger partial charge in [-0.3, -0.25) is 0 Å². The predicted octanol–water partition coefficient (Wildman–Crippen LogP) is 2.28. The van der Waals surface area contributed by atoms with Crippen LogP contribution < -0.4 is 4.90 Å². The molecule has 0 amide bonds. The van der Waals surface area contributed by atoms with Gasteiger partial charge in [-0.1, -0.05) is 18.2 Å². The zero-order valence-electron chi connectivity index (χ0n) is 14.0. The summed E-state index contributed by atoms with van der Waals surface area (Å²) in [6.07, 6.45) is 2.31. The van der Waals surface area contributed by atoms with E-state index in [0.717, 1.165) is 24.9 Å². The SMILES string of the molecule is Fc1ccc(C[NH+](Cn2nnn(-c3cccc(F)c3)c2=S)C2CC2)cc1. The van der Waals surface area contributed by atoms with Gasteiger partial charge in [0, 0.05) is 18.4 Å². The fourth-order valence-corrected chi connectivity index (χ4v) is 3.26. The lowest BCUT2D eigenvalue weighted by Crippen LogP contribution is -3.11. The quantitative estimate of drug-likeness (QED) is 0.673. The number of benzene rings is 2. The molecule has 1 saturated carbocycles. The van der Waals surface area contributed by atoms with Gasteiger partial charge in [0.25, 0.3) is 0 Å². The normalized spacial score (nSPS) is 15.2. The molecular weight excluding hydrogens is 356 g/mol. The van der Waals surface area contributed by atoms with Crippen molar-refractivity contribution in [2.45, 2.75) is 32.1 Å². The number of quaternary nitrogens is 1. The number of aromatic nitrogens is 4. The highest BCUT2D eigenvalue weighted by molar-refractivity contribution is 7.71. The van der Waals surface area contributed by atoms with Crippen molar-refractivity contribution in [3.63, 3.8) is 0 Å². The number of halogens is 2. The minimum absolute atomic E-state index is 0.234. The van der Waals surface area contributed by atoms with Crippen molar-refractivity contribution >= 4 is 12.2 Å². The second-order valence-electron chi connectivity index (χ2n) is 6.55. The molecule has 0 bridgehead atoms.